The number of amides is 1. The van der Waals surface area contributed by atoms with E-state index in [1.54, 1.807) is 0 Å². The van der Waals surface area contributed by atoms with Gasteiger partial charge in [0, 0.05) is 16.6 Å². The third-order valence-corrected chi connectivity index (χ3v) is 5.93. The van der Waals surface area contributed by atoms with Crippen LogP contribution in [0.3, 0.4) is 0 Å². The van der Waals surface area contributed by atoms with Crippen LogP contribution in [-0.4, -0.2) is 22.5 Å². The molecule has 0 aliphatic heterocycles. The van der Waals surface area contributed by atoms with Gasteiger partial charge in [-0.25, -0.2) is 9.97 Å². The minimum atomic E-state index is -0.210. The number of carbonyl (C=O) groups is 1. The highest BCUT2D eigenvalue weighted by atomic mass is 32.1. The van der Waals surface area contributed by atoms with Gasteiger partial charge in [-0.3, -0.25) is 4.79 Å². The average molecular weight is 418 g/mol. The first-order chi connectivity index (χ1) is 14.6. The molecule has 4 aromatic rings. The van der Waals surface area contributed by atoms with Crippen molar-refractivity contribution in [2.24, 2.45) is 0 Å². The molecule has 2 aromatic heterocycles. The van der Waals surface area contributed by atoms with E-state index in [0.29, 0.717) is 5.88 Å². The number of hydrogen-bond acceptors (Lipinski definition) is 5. The van der Waals surface area contributed by atoms with Crippen molar-refractivity contribution >= 4 is 33.1 Å². The van der Waals surface area contributed by atoms with Crippen LogP contribution >= 0.6 is 11.3 Å². The van der Waals surface area contributed by atoms with Crippen molar-refractivity contribution in [2.75, 3.05) is 11.9 Å². The summed E-state index contributed by atoms with van der Waals surface area (Å²) in [5.74, 6) is 0.213. The maximum atomic E-state index is 12.6. The van der Waals surface area contributed by atoms with Crippen LogP contribution in [0.2, 0.25) is 0 Å². The lowest BCUT2D eigenvalue weighted by molar-refractivity contribution is -0.118. The highest BCUT2D eigenvalue weighted by molar-refractivity contribution is 7.17. The van der Waals surface area contributed by atoms with Gasteiger partial charge in [-0.1, -0.05) is 55.0 Å². The van der Waals surface area contributed by atoms with E-state index in [2.05, 4.69) is 58.8 Å². The van der Waals surface area contributed by atoms with E-state index >= 15 is 0 Å². The standard InChI is InChI=1S/C24H23N3O2S/c1-4-17-7-5-6-16(3)22(17)27-20(28)12-29-23-21-19(13-30-24(21)26-14-25-23)18-10-8-15(2)9-11-18/h5-11,13-14H,4,12H2,1-3H3,(H,27,28). The maximum Gasteiger partial charge on any atom is 0.262 e. The number of nitrogens with zero attached hydrogens (tertiary/aromatic N) is 2. The molecule has 0 spiro atoms. The number of benzene rings is 2. The molecule has 4 rings (SSSR count). The molecule has 5 nitrogen and oxygen atoms in total. The molecule has 0 aliphatic carbocycles. The lowest BCUT2D eigenvalue weighted by Crippen LogP contribution is -2.21. The summed E-state index contributed by atoms with van der Waals surface area (Å²) >= 11 is 1.54. The Morgan fingerprint density at radius 2 is 1.90 bits per heavy atom. The van der Waals surface area contributed by atoms with Crippen LogP contribution < -0.4 is 10.1 Å². The lowest BCUT2D eigenvalue weighted by atomic mass is 10.0. The second-order valence-electron chi connectivity index (χ2n) is 7.17. The summed E-state index contributed by atoms with van der Waals surface area (Å²) in [7, 11) is 0. The predicted molar refractivity (Wildman–Crippen MR) is 122 cm³/mol. The third-order valence-electron chi connectivity index (χ3n) is 5.04. The number of anilines is 1. The zero-order valence-electron chi connectivity index (χ0n) is 17.2. The Kier molecular flexibility index (Phi) is 5.77. The van der Waals surface area contributed by atoms with Gasteiger partial charge in [0.25, 0.3) is 5.91 Å². The molecule has 0 bridgehead atoms. The topological polar surface area (TPSA) is 64.1 Å². The van der Waals surface area contributed by atoms with Gasteiger partial charge in [0.1, 0.15) is 11.2 Å². The predicted octanol–water partition coefficient (Wildman–Crippen LogP) is 5.56. The summed E-state index contributed by atoms with van der Waals surface area (Å²) in [6, 6.07) is 14.3. The van der Waals surface area contributed by atoms with E-state index in [1.165, 1.54) is 23.2 Å². The van der Waals surface area contributed by atoms with Gasteiger partial charge in [-0.15, -0.1) is 11.3 Å². The molecular formula is C24H23N3O2S. The molecule has 6 heteroatoms. The quantitative estimate of drug-likeness (QED) is 0.446. The van der Waals surface area contributed by atoms with Crippen molar-refractivity contribution in [3.63, 3.8) is 0 Å². The molecule has 0 unspecified atom stereocenters. The van der Waals surface area contributed by atoms with Gasteiger partial charge >= 0.3 is 0 Å². The second-order valence-corrected chi connectivity index (χ2v) is 8.03. The van der Waals surface area contributed by atoms with Crippen LogP contribution in [0, 0.1) is 13.8 Å². The van der Waals surface area contributed by atoms with E-state index in [0.717, 1.165) is 44.6 Å². The van der Waals surface area contributed by atoms with Gasteiger partial charge in [0.15, 0.2) is 6.61 Å². The number of ether oxygens (including phenoxy) is 1. The number of rotatable bonds is 6. The van der Waals surface area contributed by atoms with Gasteiger partial charge in [-0.05, 0) is 37.0 Å². The molecule has 0 atom stereocenters. The van der Waals surface area contributed by atoms with Crippen LogP contribution in [0.5, 0.6) is 5.88 Å². The first-order valence-electron chi connectivity index (χ1n) is 9.87. The van der Waals surface area contributed by atoms with Gasteiger partial charge < -0.3 is 10.1 Å². The van der Waals surface area contributed by atoms with Crippen molar-refractivity contribution in [3.05, 3.63) is 70.9 Å². The van der Waals surface area contributed by atoms with E-state index in [9.17, 15) is 4.79 Å². The molecule has 2 aromatic carbocycles. The average Bonchev–Trinajstić information content (AvgIpc) is 3.19. The summed E-state index contributed by atoms with van der Waals surface area (Å²) < 4.78 is 5.85. The van der Waals surface area contributed by atoms with Crippen molar-refractivity contribution in [3.8, 4) is 17.0 Å². The van der Waals surface area contributed by atoms with E-state index < -0.39 is 0 Å². The number of para-hydroxylation sites is 1. The molecular weight excluding hydrogens is 394 g/mol. The van der Waals surface area contributed by atoms with Crippen molar-refractivity contribution in [1.29, 1.82) is 0 Å². The fourth-order valence-corrected chi connectivity index (χ4v) is 4.32. The number of hydrogen-bond donors (Lipinski definition) is 1. The fourth-order valence-electron chi connectivity index (χ4n) is 3.41. The number of fused-ring (bicyclic) bond motifs is 1. The minimum Gasteiger partial charge on any atom is -0.467 e. The first-order valence-corrected chi connectivity index (χ1v) is 10.7. The Morgan fingerprint density at radius 1 is 1.10 bits per heavy atom. The van der Waals surface area contributed by atoms with E-state index in [-0.39, 0.29) is 12.5 Å². The largest absolute Gasteiger partial charge is 0.467 e. The van der Waals surface area contributed by atoms with Crippen molar-refractivity contribution < 1.29 is 9.53 Å². The molecule has 2 heterocycles. The lowest BCUT2D eigenvalue weighted by Gasteiger charge is -2.13. The first kappa shape index (κ1) is 20.0. The fraction of sp³-hybridized carbons (Fsp3) is 0.208. The van der Waals surface area contributed by atoms with Gasteiger partial charge in [-0.2, -0.15) is 0 Å². The summed E-state index contributed by atoms with van der Waals surface area (Å²) in [4.78, 5) is 22.1. The highest BCUT2D eigenvalue weighted by Crippen LogP contribution is 2.37. The number of nitrogens with one attached hydrogen (secondary N) is 1. The van der Waals surface area contributed by atoms with E-state index in [4.69, 9.17) is 4.74 Å². The van der Waals surface area contributed by atoms with Crippen LogP contribution in [0.25, 0.3) is 21.3 Å². The molecule has 1 N–H and O–H groups in total. The summed E-state index contributed by atoms with van der Waals surface area (Å²) in [6.45, 7) is 6.00. The van der Waals surface area contributed by atoms with Crippen molar-refractivity contribution in [2.45, 2.75) is 27.2 Å². The van der Waals surface area contributed by atoms with Gasteiger partial charge in [0.2, 0.25) is 5.88 Å². The van der Waals surface area contributed by atoms with Crippen LogP contribution in [0.1, 0.15) is 23.6 Å². The molecule has 30 heavy (non-hydrogen) atoms. The molecule has 152 valence electrons. The smallest absolute Gasteiger partial charge is 0.262 e. The summed E-state index contributed by atoms with van der Waals surface area (Å²) in [6.07, 6.45) is 2.32. The zero-order chi connectivity index (χ0) is 21.1. The molecule has 0 aliphatic rings. The Balaban J connectivity index is 1.57. The summed E-state index contributed by atoms with van der Waals surface area (Å²) in [5, 5.41) is 5.88. The molecule has 1 amide bonds. The van der Waals surface area contributed by atoms with Crippen LogP contribution in [-0.2, 0) is 11.2 Å². The molecule has 0 saturated heterocycles. The Morgan fingerprint density at radius 3 is 2.67 bits per heavy atom. The normalized spacial score (nSPS) is 10.9. The highest BCUT2D eigenvalue weighted by Gasteiger charge is 2.16. The SMILES string of the molecule is CCc1cccc(C)c1NC(=O)COc1ncnc2scc(-c3ccc(C)cc3)c12. The molecule has 0 fully saturated rings. The molecule has 0 saturated carbocycles. The van der Waals surface area contributed by atoms with Crippen LogP contribution in [0.15, 0.2) is 54.2 Å². The number of carbonyl (C=O) groups excluding carboxylic acids is 1. The Bertz CT molecular complexity index is 1200. The van der Waals surface area contributed by atoms with E-state index in [1.807, 2.05) is 25.1 Å². The summed E-state index contributed by atoms with van der Waals surface area (Å²) in [5.41, 5.74) is 6.28. The second kappa shape index (κ2) is 8.63. The Labute approximate surface area is 179 Å². The number of thiophene rings is 1. The van der Waals surface area contributed by atoms with Crippen molar-refractivity contribution in [1.82, 2.24) is 9.97 Å². The molecule has 0 radical (unpaired) electrons. The van der Waals surface area contributed by atoms with Crippen LogP contribution in [0.4, 0.5) is 5.69 Å². The maximum absolute atomic E-state index is 12.6. The zero-order valence-corrected chi connectivity index (χ0v) is 18.0. The number of aryl methyl sites for hydroxylation is 3. The van der Waals surface area contributed by atoms with Gasteiger partial charge in [0.05, 0.1) is 5.39 Å². The monoisotopic (exact) mass is 417 g/mol. The minimum absolute atomic E-state index is 0.118. The number of aromatic nitrogens is 2. The third kappa shape index (κ3) is 4.04. The Hall–Kier alpha value is -3.25.